The number of hydrogen-bond donors (Lipinski definition) is 1. The van der Waals surface area contributed by atoms with Crippen LogP contribution >= 0.6 is 0 Å². The zero-order valence-electron chi connectivity index (χ0n) is 52.1. The number of rotatable bonds is 14. The maximum atomic E-state index is 11.5. The van der Waals surface area contributed by atoms with E-state index < -0.39 is 0 Å². The van der Waals surface area contributed by atoms with E-state index in [9.17, 15) is 14.7 Å². The molecule has 0 saturated heterocycles. The summed E-state index contributed by atoms with van der Waals surface area (Å²) >= 11 is 0. The van der Waals surface area contributed by atoms with Crippen molar-refractivity contribution in [3.63, 3.8) is 0 Å². The Hall–Kier alpha value is -2.94. The normalized spacial score (nSPS) is 42.5. The molecule has 1 N–H and O–H groups in total. The highest BCUT2D eigenvalue weighted by atomic mass is 16.7. The second kappa shape index (κ2) is 27.8. The van der Waals surface area contributed by atoms with Crippen molar-refractivity contribution in [1.82, 2.24) is 0 Å². The molecule has 0 spiro atoms. The van der Waals surface area contributed by atoms with Gasteiger partial charge in [0.1, 0.15) is 6.10 Å². The second-order valence-corrected chi connectivity index (χ2v) is 28.4. The first kappa shape index (κ1) is 64.6. The second-order valence-electron chi connectivity index (χ2n) is 28.4. The van der Waals surface area contributed by atoms with Gasteiger partial charge in [-0.05, 0) is 248 Å². The van der Waals surface area contributed by atoms with E-state index in [4.69, 9.17) is 23.7 Å². The first-order chi connectivity index (χ1) is 37.7. The first-order valence-corrected chi connectivity index (χ1v) is 32.6. The van der Waals surface area contributed by atoms with E-state index in [2.05, 4.69) is 119 Å². The lowest BCUT2D eigenvalue weighted by atomic mass is 9.47. The van der Waals surface area contributed by atoms with Crippen molar-refractivity contribution in [1.29, 1.82) is 0 Å². The molecule has 8 nitrogen and oxygen atoms in total. The Bertz CT molecular complexity index is 2250. The molecule has 8 aliphatic carbocycles. The standard InChI is InChI=1S/C35H54O4.C27H42O3.C9H16O.CH4/c1-7-31-24(3)12-17-33(39-31)38-26-18-20-34(4)25(22-26)13-14-27-29-16-15-28(35(29,5)21-19-30(27)34)23(2)10-8-9-11-32(36)37-6;1-18(7-5-6-8-25(29)30-4)22-11-12-23-21-10-9-19-17-20(28)13-15-26(19,2)24(21)14-16-27(22,23)3;1-4-9-8(3)7(2)5-6-10-9;/h10,12-13,17,24,26-31,33H,7-9,11,14-16,18-22H2,1-6H3;7,9,20-24,28H,5-6,8,10-17H2,1-4H3;5-9H,4H2,1-3H3;1H4/b23-10+;18-7+;;/t24-,26-,27-,28+,29-,30-,31+,33?,34-,35+;20-,21-,22+,23-,24-,26-,27+;7-,8+,9-;/m001./s1. The molecule has 8 heteroatoms. The molecular formula is C72H116O8. The van der Waals surface area contributed by atoms with Crippen LogP contribution < -0.4 is 0 Å². The third-order valence-electron chi connectivity index (χ3n) is 24.4. The van der Waals surface area contributed by atoms with Crippen LogP contribution in [0.4, 0.5) is 0 Å². The summed E-state index contributed by atoms with van der Waals surface area (Å²) in [7, 11) is 2.95. The monoisotopic (exact) mass is 1110 g/mol. The Morgan fingerprint density at radius 1 is 0.637 bits per heavy atom. The minimum atomic E-state index is -0.181. The van der Waals surface area contributed by atoms with E-state index in [0.29, 0.717) is 70.2 Å². The van der Waals surface area contributed by atoms with Crippen LogP contribution in [0.1, 0.15) is 238 Å². The van der Waals surface area contributed by atoms with Gasteiger partial charge in [0.15, 0.2) is 6.29 Å². The van der Waals surface area contributed by atoms with Crippen molar-refractivity contribution in [3.8, 4) is 0 Å². The molecule has 0 aromatic rings. The molecule has 10 aliphatic rings. The fraction of sp³-hybridized carbons (Fsp3) is 0.806. The average Bonchev–Trinajstić information content (AvgIpc) is 4.10. The number of methoxy groups -OCH3 is 2. The van der Waals surface area contributed by atoms with Crippen molar-refractivity contribution < 1.29 is 38.4 Å². The molecule has 20 atom stereocenters. The highest BCUT2D eigenvalue weighted by Crippen LogP contribution is 2.69. The Balaban J connectivity index is 0.000000199. The van der Waals surface area contributed by atoms with Crippen molar-refractivity contribution in [2.75, 3.05) is 14.2 Å². The summed E-state index contributed by atoms with van der Waals surface area (Å²) in [5.41, 5.74) is 7.90. The van der Waals surface area contributed by atoms with E-state index in [1.165, 1.54) is 91.3 Å². The van der Waals surface area contributed by atoms with E-state index >= 15 is 0 Å². The number of ether oxygens (including phenoxy) is 5. The fourth-order valence-corrected chi connectivity index (χ4v) is 19.4. The minimum Gasteiger partial charge on any atom is -0.498 e. The smallest absolute Gasteiger partial charge is 0.305 e. The van der Waals surface area contributed by atoms with Crippen LogP contribution in [-0.2, 0) is 33.3 Å². The van der Waals surface area contributed by atoms with Crippen molar-refractivity contribution in [3.05, 3.63) is 71.1 Å². The predicted octanol–water partition coefficient (Wildman–Crippen LogP) is 18.0. The summed E-state index contributed by atoms with van der Waals surface area (Å²) in [5, 5.41) is 10.2. The number of aliphatic hydroxyl groups excluding tert-OH is 1. The van der Waals surface area contributed by atoms with Crippen LogP contribution in [0.2, 0.25) is 0 Å². The number of unbranched alkanes of at least 4 members (excludes halogenated alkanes) is 2. The lowest BCUT2D eigenvalue weighted by Crippen LogP contribution is -2.50. The third-order valence-corrected chi connectivity index (χ3v) is 24.4. The quantitative estimate of drug-likeness (QED) is 0.104. The summed E-state index contributed by atoms with van der Waals surface area (Å²) in [6.07, 6.45) is 46.0. The van der Waals surface area contributed by atoms with E-state index in [1.807, 2.05) is 6.26 Å². The van der Waals surface area contributed by atoms with Gasteiger partial charge in [-0.25, -0.2) is 0 Å². The number of carbonyl (C=O) groups is 2. The van der Waals surface area contributed by atoms with Crippen molar-refractivity contribution >= 4 is 11.9 Å². The van der Waals surface area contributed by atoms with Gasteiger partial charge in [-0.3, -0.25) is 9.59 Å². The highest BCUT2D eigenvalue weighted by molar-refractivity contribution is 5.69. The largest absolute Gasteiger partial charge is 0.498 e. The Morgan fingerprint density at radius 3 is 1.65 bits per heavy atom. The molecule has 1 unspecified atom stereocenters. The van der Waals surface area contributed by atoms with Gasteiger partial charge in [0.05, 0.1) is 38.8 Å². The van der Waals surface area contributed by atoms with Gasteiger partial charge in [-0.15, -0.1) is 0 Å². The lowest BCUT2D eigenvalue weighted by Gasteiger charge is -2.58. The number of aliphatic hydroxyl groups is 1. The minimum absolute atomic E-state index is 0. The number of fused-ring (bicyclic) bond motifs is 10. The van der Waals surface area contributed by atoms with Crippen LogP contribution in [0.15, 0.2) is 71.1 Å². The zero-order chi connectivity index (χ0) is 56.9. The summed E-state index contributed by atoms with van der Waals surface area (Å²) in [6, 6.07) is 0. The Morgan fingerprint density at radius 2 is 1.15 bits per heavy atom. The van der Waals surface area contributed by atoms with Gasteiger partial charge in [-0.1, -0.05) is 122 Å². The molecule has 0 bridgehead atoms. The molecule has 6 saturated carbocycles. The van der Waals surface area contributed by atoms with Crippen LogP contribution in [0.3, 0.4) is 0 Å². The fourth-order valence-electron chi connectivity index (χ4n) is 19.4. The first-order valence-electron chi connectivity index (χ1n) is 32.6. The van der Waals surface area contributed by atoms with E-state index in [0.717, 1.165) is 99.7 Å². The van der Waals surface area contributed by atoms with Crippen LogP contribution in [-0.4, -0.2) is 62.0 Å². The average molecular weight is 1110 g/mol. The zero-order valence-corrected chi connectivity index (χ0v) is 52.1. The van der Waals surface area contributed by atoms with Gasteiger partial charge >= 0.3 is 11.9 Å². The SMILES string of the molecule is C.CC[C@H]1OC(O[C@H]2CC[C@@]3(C)C(=CC[C@H]4[C@@H]5CC[C@H](/C(C)=C/CCCC(=O)OC)[C@@]5(C)CC[C@@H]43)C2)C=C[C@@H]1C.CC[C@H]1OC=C[C@@H](C)[C@@H]1C.COC(=O)CCC/C=C(\C)[C@H]1CC[C@H]2[C@@H]3CC=C4C[C@@H](O)CC[C@]4(C)[C@H]3CC[C@]12C. The Labute approximate surface area is 488 Å². The van der Waals surface area contributed by atoms with Gasteiger partial charge in [0, 0.05) is 18.8 Å². The molecule has 0 radical (unpaired) electrons. The van der Waals surface area contributed by atoms with Gasteiger partial charge in [0.25, 0.3) is 0 Å². The number of carbonyl (C=O) groups excluding carboxylic acids is 2. The van der Waals surface area contributed by atoms with Gasteiger partial charge in [-0.2, -0.15) is 0 Å². The van der Waals surface area contributed by atoms with Crippen molar-refractivity contribution in [2.24, 2.45) is 86.8 Å². The third kappa shape index (κ3) is 13.6. The highest BCUT2D eigenvalue weighted by Gasteiger charge is 2.60. The summed E-state index contributed by atoms with van der Waals surface area (Å²) in [5.74, 6) is 7.98. The summed E-state index contributed by atoms with van der Waals surface area (Å²) in [4.78, 5) is 22.9. The van der Waals surface area contributed by atoms with Crippen molar-refractivity contribution in [2.45, 2.75) is 268 Å². The Kier molecular flexibility index (Phi) is 22.5. The van der Waals surface area contributed by atoms with E-state index in [1.54, 1.807) is 22.3 Å². The molecular weight excluding hydrogens is 993 g/mol. The molecule has 0 aromatic heterocycles. The maximum absolute atomic E-state index is 11.5. The molecule has 80 heavy (non-hydrogen) atoms. The number of hydrogen-bond acceptors (Lipinski definition) is 8. The molecule has 452 valence electrons. The maximum Gasteiger partial charge on any atom is 0.305 e. The summed E-state index contributed by atoms with van der Waals surface area (Å²) in [6.45, 7) is 26.1. The predicted molar refractivity (Wildman–Crippen MR) is 327 cm³/mol. The van der Waals surface area contributed by atoms with E-state index in [-0.39, 0.29) is 44.0 Å². The van der Waals surface area contributed by atoms with Gasteiger partial charge in [0.2, 0.25) is 0 Å². The number of esters is 2. The lowest BCUT2D eigenvalue weighted by molar-refractivity contribution is -0.188. The van der Waals surface area contributed by atoms with Crippen LogP contribution in [0.5, 0.6) is 0 Å². The topological polar surface area (TPSA) is 101 Å². The number of allylic oxidation sites excluding steroid dienone is 7. The van der Waals surface area contributed by atoms with Gasteiger partial charge < -0.3 is 28.8 Å². The van der Waals surface area contributed by atoms with Crippen LogP contribution in [0, 0.1) is 86.8 Å². The molecule has 2 aliphatic heterocycles. The molecule has 10 rings (SSSR count). The molecule has 6 fully saturated rings. The molecule has 0 amide bonds. The summed E-state index contributed by atoms with van der Waals surface area (Å²) < 4.78 is 27.8. The van der Waals surface area contributed by atoms with Crippen LogP contribution in [0.25, 0.3) is 0 Å². The molecule has 2 heterocycles. The molecule has 0 aromatic carbocycles.